The summed E-state index contributed by atoms with van der Waals surface area (Å²) in [6.45, 7) is 1.89. The molecule has 0 unspecified atom stereocenters. The number of methoxy groups -OCH3 is 1. The number of ether oxygens (including phenoxy) is 1. The first kappa shape index (κ1) is 18.1. The number of benzene rings is 2. The van der Waals surface area contributed by atoms with E-state index in [1.807, 2.05) is 12.1 Å². The Morgan fingerprint density at radius 3 is 2.71 bits per heavy atom. The Morgan fingerprint density at radius 2 is 2.00 bits per heavy atom. The molecule has 0 saturated heterocycles. The van der Waals surface area contributed by atoms with Crippen LogP contribution in [0, 0.1) is 12.7 Å². The van der Waals surface area contributed by atoms with Gasteiger partial charge in [0.1, 0.15) is 17.3 Å². The van der Waals surface area contributed by atoms with E-state index in [-0.39, 0.29) is 29.8 Å². The summed E-state index contributed by atoms with van der Waals surface area (Å²) in [5, 5.41) is 2.66. The Balaban J connectivity index is 1.82. The molecule has 128 valence electrons. The van der Waals surface area contributed by atoms with Crippen molar-refractivity contribution in [3.05, 3.63) is 65.0 Å². The van der Waals surface area contributed by atoms with Crippen LogP contribution in [-0.2, 0) is 27.9 Å². The van der Waals surface area contributed by atoms with E-state index in [2.05, 4.69) is 5.32 Å². The van der Waals surface area contributed by atoms with Crippen LogP contribution in [0.5, 0.6) is 5.75 Å². The molecule has 0 fully saturated rings. The molecule has 1 N–H and O–H groups in total. The summed E-state index contributed by atoms with van der Waals surface area (Å²) in [4.78, 5) is 11.9. The summed E-state index contributed by atoms with van der Waals surface area (Å²) in [6, 6.07) is 12.1. The highest BCUT2D eigenvalue weighted by atomic mass is 32.2. The zero-order valence-electron chi connectivity index (χ0n) is 13.7. The topological polar surface area (TPSA) is 55.4 Å². The molecule has 0 aliphatic rings. The Labute approximate surface area is 143 Å². The van der Waals surface area contributed by atoms with Crippen LogP contribution in [0.25, 0.3) is 0 Å². The first-order valence-electron chi connectivity index (χ1n) is 7.47. The number of rotatable bonds is 7. The first-order valence-corrected chi connectivity index (χ1v) is 8.96. The zero-order chi connectivity index (χ0) is 17.5. The van der Waals surface area contributed by atoms with Gasteiger partial charge in [-0.15, -0.1) is 0 Å². The molecule has 0 aromatic heterocycles. The lowest BCUT2D eigenvalue weighted by molar-refractivity contribution is -0.118. The highest BCUT2D eigenvalue weighted by Gasteiger charge is 2.10. The van der Waals surface area contributed by atoms with Gasteiger partial charge in [-0.05, 0) is 41.8 Å². The second-order valence-corrected chi connectivity index (χ2v) is 6.90. The molecule has 1 atom stereocenters. The SMILES string of the molecule is COc1cccc(C[S@](=O)CC(=O)NCc2ccc(C)c(F)c2)c1. The fourth-order valence-corrected chi connectivity index (χ4v) is 3.19. The Bertz CT molecular complexity index is 749. The summed E-state index contributed by atoms with van der Waals surface area (Å²) in [5.74, 6) is 0.255. The van der Waals surface area contributed by atoms with Gasteiger partial charge >= 0.3 is 0 Å². The van der Waals surface area contributed by atoms with Gasteiger partial charge in [0.05, 0.1) is 7.11 Å². The van der Waals surface area contributed by atoms with E-state index in [1.165, 1.54) is 6.07 Å². The molecule has 0 radical (unpaired) electrons. The van der Waals surface area contributed by atoms with Gasteiger partial charge in [-0.2, -0.15) is 0 Å². The lowest BCUT2D eigenvalue weighted by Gasteiger charge is -2.07. The monoisotopic (exact) mass is 349 g/mol. The smallest absolute Gasteiger partial charge is 0.232 e. The van der Waals surface area contributed by atoms with Crippen molar-refractivity contribution in [2.24, 2.45) is 0 Å². The number of halogens is 1. The maximum absolute atomic E-state index is 13.4. The van der Waals surface area contributed by atoms with E-state index in [1.54, 1.807) is 38.3 Å². The van der Waals surface area contributed by atoms with Crippen molar-refractivity contribution in [2.75, 3.05) is 12.9 Å². The van der Waals surface area contributed by atoms with Gasteiger partial charge in [0, 0.05) is 23.1 Å². The first-order chi connectivity index (χ1) is 11.5. The number of nitrogens with one attached hydrogen (secondary N) is 1. The minimum Gasteiger partial charge on any atom is -0.497 e. The molecule has 2 aromatic rings. The Kier molecular flexibility index (Phi) is 6.49. The third-order valence-corrected chi connectivity index (χ3v) is 4.72. The van der Waals surface area contributed by atoms with Gasteiger partial charge < -0.3 is 10.1 Å². The van der Waals surface area contributed by atoms with E-state index < -0.39 is 10.8 Å². The van der Waals surface area contributed by atoms with Gasteiger partial charge in [-0.25, -0.2) is 4.39 Å². The van der Waals surface area contributed by atoms with Gasteiger partial charge in [-0.3, -0.25) is 9.00 Å². The maximum Gasteiger partial charge on any atom is 0.232 e. The summed E-state index contributed by atoms with van der Waals surface area (Å²) in [7, 11) is 0.248. The molecule has 0 spiro atoms. The second kappa shape index (κ2) is 8.59. The third-order valence-electron chi connectivity index (χ3n) is 3.48. The van der Waals surface area contributed by atoms with E-state index >= 15 is 0 Å². The molecular weight excluding hydrogens is 329 g/mol. The molecule has 0 aliphatic carbocycles. The highest BCUT2D eigenvalue weighted by Crippen LogP contribution is 2.14. The van der Waals surface area contributed by atoms with Crippen molar-refractivity contribution < 1.29 is 18.1 Å². The molecule has 2 aromatic carbocycles. The fourth-order valence-electron chi connectivity index (χ4n) is 2.14. The lowest BCUT2D eigenvalue weighted by atomic mass is 10.1. The van der Waals surface area contributed by atoms with Crippen molar-refractivity contribution in [2.45, 2.75) is 19.2 Å². The average molecular weight is 349 g/mol. The fraction of sp³-hybridized carbons (Fsp3) is 0.278. The van der Waals surface area contributed by atoms with Crippen LogP contribution in [0.1, 0.15) is 16.7 Å². The minimum absolute atomic E-state index is 0.0917. The standard InChI is InChI=1S/C18H20FNO3S/c1-13-6-7-14(9-17(13)19)10-20-18(21)12-24(22)11-15-4-3-5-16(8-15)23-2/h3-9H,10-12H2,1-2H3,(H,20,21)/t24-/m0/s1. The van der Waals surface area contributed by atoms with Gasteiger partial charge in [-0.1, -0.05) is 24.3 Å². The number of hydrogen-bond donors (Lipinski definition) is 1. The van der Waals surface area contributed by atoms with Gasteiger partial charge in [0.25, 0.3) is 0 Å². The van der Waals surface area contributed by atoms with Crippen molar-refractivity contribution in [1.29, 1.82) is 0 Å². The van der Waals surface area contributed by atoms with Crippen LogP contribution in [0.2, 0.25) is 0 Å². The van der Waals surface area contributed by atoms with Crippen LogP contribution >= 0.6 is 0 Å². The van der Waals surface area contributed by atoms with Crippen molar-refractivity contribution in [1.82, 2.24) is 5.32 Å². The van der Waals surface area contributed by atoms with E-state index in [0.717, 1.165) is 5.56 Å². The lowest BCUT2D eigenvalue weighted by Crippen LogP contribution is -2.28. The van der Waals surface area contributed by atoms with Gasteiger partial charge in [0.2, 0.25) is 5.91 Å². The highest BCUT2D eigenvalue weighted by molar-refractivity contribution is 7.84. The number of carbonyl (C=O) groups is 1. The van der Waals surface area contributed by atoms with Crippen LogP contribution in [-0.4, -0.2) is 23.0 Å². The minimum atomic E-state index is -1.32. The molecule has 0 heterocycles. The molecule has 0 aliphatic heterocycles. The maximum atomic E-state index is 13.4. The van der Waals surface area contributed by atoms with Crippen molar-refractivity contribution in [3.63, 3.8) is 0 Å². The quantitative estimate of drug-likeness (QED) is 0.836. The number of hydrogen-bond acceptors (Lipinski definition) is 3. The van der Waals surface area contributed by atoms with Crippen molar-refractivity contribution in [3.8, 4) is 5.75 Å². The largest absolute Gasteiger partial charge is 0.497 e. The molecule has 6 heteroatoms. The van der Waals surface area contributed by atoms with Gasteiger partial charge in [0.15, 0.2) is 0 Å². The average Bonchev–Trinajstić information content (AvgIpc) is 2.56. The Morgan fingerprint density at radius 1 is 1.21 bits per heavy atom. The molecular formula is C18H20FNO3S. The van der Waals surface area contributed by atoms with E-state index in [4.69, 9.17) is 4.74 Å². The summed E-state index contributed by atoms with van der Waals surface area (Å²) in [6.07, 6.45) is 0. The molecule has 24 heavy (non-hydrogen) atoms. The number of aryl methyl sites for hydroxylation is 1. The summed E-state index contributed by atoms with van der Waals surface area (Å²) in [5.41, 5.74) is 2.08. The Hall–Kier alpha value is -2.21. The van der Waals surface area contributed by atoms with E-state index in [0.29, 0.717) is 16.9 Å². The van der Waals surface area contributed by atoms with Crippen molar-refractivity contribution >= 4 is 16.7 Å². The number of carbonyl (C=O) groups excluding carboxylic acids is 1. The predicted molar refractivity (Wildman–Crippen MR) is 92.7 cm³/mol. The molecule has 0 bridgehead atoms. The van der Waals surface area contributed by atoms with Crippen LogP contribution in [0.3, 0.4) is 0 Å². The predicted octanol–water partition coefficient (Wildman–Crippen LogP) is 2.71. The number of amides is 1. The second-order valence-electron chi connectivity index (χ2n) is 5.44. The van der Waals surface area contributed by atoms with E-state index in [9.17, 15) is 13.4 Å². The van der Waals surface area contributed by atoms with Crippen LogP contribution in [0.15, 0.2) is 42.5 Å². The molecule has 1 amide bonds. The zero-order valence-corrected chi connectivity index (χ0v) is 14.5. The third kappa shape index (κ3) is 5.45. The molecule has 4 nitrogen and oxygen atoms in total. The summed E-state index contributed by atoms with van der Waals surface area (Å²) >= 11 is 0. The van der Waals surface area contributed by atoms with Crippen LogP contribution < -0.4 is 10.1 Å². The molecule has 2 rings (SSSR count). The van der Waals surface area contributed by atoms with Crippen LogP contribution in [0.4, 0.5) is 4.39 Å². The molecule has 0 saturated carbocycles. The summed E-state index contributed by atoms with van der Waals surface area (Å²) < 4.78 is 30.6. The normalized spacial score (nSPS) is 11.8.